The number of aromatic hydroxyl groups is 1. The molecule has 0 aliphatic rings. The summed E-state index contributed by atoms with van der Waals surface area (Å²) in [5.74, 6) is -0.0615. The first kappa shape index (κ1) is 20.3. The predicted octanol–water partition coefficient (Wildman–Crippen LogP) is 5.00. The van der Waals surface area contributed by atoms with Gasteiger partial charge in [0.1, 0.15) is 5.75 Å². The number of nitrogens with one attached hydrogen (secondary N) is 1. The lowest BCUT2D eigenvalue weighted by molar-refractivity contribution is -0.137. The number of hydrogen-bond donors (Lipinski definition) is 2. The molecule has 29 heavy (non-hydrogen) atoms. The zero-order valence-electron chi connectivity index (χ0n) is 15.4. The van der Waals surface area contributed by atoms with Gasteiger partial charge < -0.3 is 10.4 Å². The lowest BCUT2D eigenvalue weighted by Crippen LogP contribution is -2.15. The lowest BCUT2D eigenvalue weighted by Gasteiger charge is -2.13. The van der Waals surface area contributed by atoms with Crippen LogP contribution in [0.1, 0.15) is 30.4 Å². The first-order chi connectivity index (χ1) is 13.7. The third-order valence-electron chi connectivity index (χ3n) is 4.34. The van der Waals surface area contributed by atoms with E-state index >= 15 is 0 Å². The molecule has 8 heteroatoms. The van der Waals surface area contributed by atoms with Gasteiger partial charge in [0, 0.05) is 12.0 Å². The van der Waals surface area contributed by atoms with E-state index in [0.717, 1.165) is 12.1 Å². The van der Waals surface area contributed by atoms with Crippen LogP contribution in [0, 0.1) is 0 Å². The fraction of sp³-hybridized carbons (Fsp3) is 0.190. The maximum atomic E-state index is 12.6. The first-order valence-corrected chi connectivity index (χ1v) is 8.81. The molecule has 0 radical (unpaired) electrons. The Hall–Kier alpha value is -3.42. The van der Waals surface area contributed by atoms with Crippen LogP contribution in [-0.2, 0) is 11.0 Å². The second kappa shape index (κ2) is 8.30. The summed E-state index contributed by atoms with van der Waals surface area (Å²) in [5, 5.41) is 12.2. The molecule has 0 bridgehead atoms. The molecule has 1 amide bonds. The molecule has 150 valence electrons. The largest absolute Gasteiger partial charge is 0.508 e. The van der Waals surface area contributed by atoms with Crippen LogP contribution >= 0.6 is 0 Å². The van der Waals surface area contributed by atoms with Gasteiger partial charge in [0.2, 0.25) is 5.91 Å². The Morgan fingerprint density at radius 1 is 1.10 bits per heavy atom. The van der Waals surface area contributed by atoms with Crippen molar-refractivity contribution in [3.05, 3.63) is 72.1 Å². The van der Waals surface area contributed by atoms with Crippen LogP contribution in [0.4, 0.5) is 18.9 Å². The fourth-order valence-electron chi connectivity index (χ4n) is 2.80. The number of carbonyl (C=O) groups is 1. The molecule has 0 fully saturated rings. The van der Waals surface area contributed by atoms with E-state index in [2.05, 4.69) is 15.3 Å². The average molecular weight is 401 g/mol. The van der Waals surface area contributed by atoms with Crippen molar-refractivity contribution in [2.45, 2.75) is 25.4 Å². The first-order valence-electron chi connectivity index (χ1n) is 8.81. The number of anilines is 1. The van der Waals surface area contributed by atoms with E-state index in [9.17, 15) is 23.1 Å². The molecule has 0 saturated heterocycles. The molecule has 2 aromatic carbocycles. The Kier molecular flexibility index (Phi) is 5.81. The van der Waals surface area contributed by atoms with Crippen molar-refractivity contribution in [3.63, 3.8) is 0 Å². The second-order valence-electron chi connectivity index (χ2n) is 6.62. The zero-order chi connectivity index (χ0) is 21.0. The highest BCUT2D eigenvalue weighted by molar-refractivity contribution is 5.91. The molecule has 0 saturated carbocycles. The smallest absolute Gasteiger partial charge is 0.416 e. The zero-order valence-corrected chi connectivity index (χ0v) is 15.4. The fourth-order valence-corrected chi connectivity index (χ4v) is 2.80. The Bertz CT molecular complexity index is 987. The van der Waals surface area contributed by atoms with E-state index < -0.39 is 11.7 Å². The van der Waals surface area contributed by atoms with Gasteiger partial charge in [-0.15, -0.1) is 0 Å². The van der Waals surface area contributed by atoms with E-state index in [1.807, 2.05) is 0 Å². The molecule has 5 nitrogen and oxygen atoms in total. The summed E-state index contributed by atoms with van der Waals surface area (Å²) in [4.78, 5) is 20.6. The summed E-state index contributed by atoms with van der Waals surface area (Å²) in [6, 6.07) is 11.3. The molecular weight excluding hydrogens is 383 g/mol. The van der Waals surface area contributed by atoms with Crippen molar-refractivity contribution >= 4 is 11.6 Å². The van der Waals surface area contributed by atoms with E-state index in [1.54, 1.807) is 19.1 Å². The number of phenols is 1. The minimum absolute atomic E-state index is 0.0969. The SMILES string of the molecule is CC(CC(=O)Nc1cnc(-c2cccc(O)c2)nc1)c1ccc(C(F)(F)F)cc1. The van der Waals surface area contributed by atoms with Crippen LogP contribution in [0.3, 0.4) is 0 Å². The van der Waals surface area contributed by atoms with Crippen molar-refractivity contribution in [2.24, 2.45) is 0 Å². The van der Waals surface area contributed by atoms with Gasteiger partial charge in [0.25, 0.3) is 0 Å². The van der Waals surface area contributed by atoms with Crippen LogP contribution in [0.15, 0.2) is 60.9 Å². The predicted molar refractivity (Wildman–Crippen MR) is 102 cm³/mol. The van der Waals surface area contributed by atoms with Crippen molar-refractivity contribution in [2.75, 3.05) is 5.32 Å². The highest BCUT2D eigenvalue weighted by Gasteiger charge is 2.30. The number of amides is 1. The number of aromatic nitrogens is 2. The number of phenolic OH excluding ortho intramolecular Hbond substituents is 1. The second-order valence-corrected chi connectivity index (χ2v) is 6.62. The minimum atomic E-state index is -4.39. The molecule has 1 atom stereocenters. The molecule has 1 aromatic heterocycles. The minimum Gasteiger partial charge on any atom is -0.508 e. The summed E-state index contributed by atoms with van der Waals surface area (Å²) in [5.41, 5.74) is 0.961. The van der Waals surface area contributed by atoms with Gasteiger partial charge in [-0.05, 0) is 35.7 Å². The van der Waals surface area contributed by atoms with Crippen molar-refractivity contribution in [1.29, 1.82) is 0 Å². The molecule has 0 aliphatic heterocycles. The van der Waals surface area contributed by atoms with E-state index in [1.165, 1.54) is 36.7 Å². The molecule has 1 heterocycles. The summed E-state index contributed by atoms with van der Waals surface area (Å²) < 4.78 is 37.9. The number of hydrogen-bond acceptors (Lipinski definition) is 4. The Balaban J connectivity index is 1.60. The number of halogens is 3. The Labute approximate surface area is 165 Å². The third kappa shape index (κ3) is 5.31. The van der Waals surface area contributed by atoms with Crippen LogP contribution in [0.5, 0.6) is 5.75 Å². The van der Waals surface area contributed by atoms with Gasteiger partial charge in [-0.3, -0.25) is 4.79 Å². The van der Waals surface area contributed by atoms with Crippen LogP contribution in [-0.4, -0.2) is 21.0 Å². The third-order valence-corrected chi connectivity index (χ3v) is 4.34. The number of rotatable bonds is 5. The van der Waals surface area contributed by atoms with Crippen LogP contribution in [0.25, 0.3) is 11.4 Å². The van der Waals surface area contributed by atoms with E-state index in [4.69, 9.17) is 0 Å². The van der Waals surface area contributed by atoms with E-state index in [-0.39, 0.29) is 24.0 Å². The maximum Gasteiger partial charge on any atom is 0.416 e. The number of benzene rings is 2. The topological polar surface area (TPSA) is 75.1 Å². The Morgan fingerprint density at radius 2 is 1.76 bits per heavy atom. The van der Waals surface area contributed by atoms with Gasteiger partial charge in [0.15, 0.2) is 5.82 Å². The average Bonchev–Trinajstić information content (AvgIpc) is 2.68. The number of nitrogens with zero attached hydrogens (tertiary/aromatic N) is 2. The van der Waals surface area contributed by atoms with Gasteiger partial charge in [-0.2, -0.15) is 13.2 Å². The summed E-state index contributed by atoms with van der Waals surface area (Å²) in [7, 11) is 0. The molecule has 3 aromatic rings. The van der Waals surface area contributed by atoms with Crippen molar-refractivity contribution < 1.29 is 23.1 Å². The molecule has 3 rings (SSSR count). The normalized spacial score (nSPS) is 12.4. The summed E-state index contributed by atoms with van der Waals surface area (Å²) >= 11 is 0. The Morgan fingerprint density at radius 3 is 2.34 bits per heavy atom. The van der Waals surface area contributed by atoms with Gasteiger partial charge in [0.05, 0.1) is 23.6 Å². The molecule has 1 unspecified atom stereocenters. The molecule has 0 aliphatic carbocycles. The summed E-state index contributed by atoms with van der Waals surface area (Å²) in [6.07, 6.45) is -1.39. The number of alkyl halides is 3. The standard InChI is InChI=1S/C21H18F3N3O2/c1-13(14-5-7-16(8-6-14)21(22,23)24)9-19(29)27-17-11-25-20(26-12-17)15-3-2-4-18(28)10-15/h2-8,10-13,28H,9H2,1H3,(H,27,29). The van der Waals surface area contributed by atoms with Crippen molar-refractivity contribution in [1.82, 2.24) is 9.97 Å². The van der Waals surface area contributed by atoms with Crippen molar-refractivity contribution in [3.8, 4) is 17.1 Å². The van der Waals surface area contributed by atoms with E-state index in [0.29, 0.717) is 22.6 Å². The monoisotopic (exact) mass is 401 g/mol. The van der Waals surface area contributed by atoms with Gasteiger partial charge >= 0.3 is 6.18 Å². The molecule has 0 spiro atoms. The lowest BCUT2D eigenvalue weighted by atomic mass is 9.96. The maximum absolute atomic E-state index is 12.6. The quantitative estimate of drug-likeness (QED) is 0.631. The van der Waals surface area contributed by atoms with Gasteiger partial charge in [-0.1, -0.05) is 31.2 Å². The highest BCUT2D eigenvalue weighted by atomic mass is 19.4. The van der Waals surface area contributed by atoms with Gasteiger partial charge in [-0.25, -0.2) is 9.97 Å². The summed E-state index contributed by atoms with van der Waals surface area (Å²) in [6.45, 7) is 1.77. The molecular formula is C21H18F3N3O2. The highest BCUT2D eigenvalue weighted by Crippen LogP contribution is 2.30. The van der Waals surface area contributed by atoms with Crippen LogP contribution < -0.4 is 5.32 Å². The van der Waals surface area contributed by atoms with Crippen LogP contribution in [0.2, 0.25) is 0 Å². The number of carbonyl (C=O) groups excluding carboxylic acids is 1. The molecule has 2 N–H and O–H groups in total.